The minimum Gasteiger partial charge on any atom is -0.356 e. The number of nitrogens with one attached hydrogen (secondary N) is 1. The Hall–Kier alpha value is -1.36. The van der Waals surface area contributed by atoms with Crippen molar-refractivity contribution in [3.8, 4) is 0 Å². The van der Waals surface area contributed by atoms with Crippen LogP contribution < -0.4 is 16.2 Å². The maximum atomic E-state index is 5.56. The summed E-state index contributed by atoms with van der Waals surface area (Å²) < 4.78 is 0. The second-order valence-corrected chi connectivity index (χ2v) is 5.62. The maximum Gasteiger partial charge on any atom is 0.148 e. The molecular weight excluding hydrogens is 238 g/mol. The van der Waals surface area contributed by atoms with Gasteiger partial charge in [-0.1, -0.05) is 20.8 Å². The highest BCUT2D eigenvalue weighted by Crippen LogP contribution is 2.29. The number of nitrogens with two attached hydrogens (primary N) is 1. The lowest BCUT2D eigenvalue weighted by Gasteiger charge is -2.37. The predicted molar refractivity (Wildman–Crippen MR) is 79.1 cm³/mol. The lowest BCUT2D eigenvalue weighted by Crippen LogP contribution is -2.39. The quantitative estimate of drug-likeness (QED) is 0.646. The molecule has 0 aromatic carbocycles. The fraction of sp³-hybridized carbons (Fsp3) is 0.714. The minimum atomic E-state index is 0.697. The minimum absolute atomic E-state index is 0.697. The van der Waals surface area contributed by atoms with Crippen LogP contribution in [0.5, 0.6) is 0 Å². The molecule has 0 radical (unpaired) electrons. The number of hydrogen-bond acceptors (Lipinski definition) is 5. The predicted octanol–water partition coefficient (Wildman–Crippen LogP) is 2.12. The number of nitrogens with zero attached hydrogens (tertiary/aromatic N) is 3. The Morgan fingerprint density at radius 2 is 2.05 bits per heavy atom. The van der Waals surface area contributed by atoms with E-state index in [1.807, 2.05) is 6.92 Å². The largest absolute Gasteiger partial charge is 0.356 e. The lowest BCUT2D eigenvalue weighted by atomic mass is 9.88. The van der Waals surface area contributed by atoms with Crippen molar-refractivity contribution in [2.45, 2.75) is 40.5 Å². The van der Waals surface area contributed by atoms with Gasteiger partial charge >= 0.3 is 0 Å². The molecule has 0 bridgehead atoms. The molecule has 0 aliphatic carbocycles. The van der Waals surface area contributed by atoms with Gasteiger partial charge in [0.15, 0.2) is 0 Å². The van der Waals surface area contributed by atoms with Crippen molar-refractivity contribution in [2.75, 3.05) is 23.4 Å². The van der Waals surface area contributed by atoms with Crippen molar-refractivity contribution in [1.29, 1.82) is 0 Å². The molecule has 3 N–H and O–H groups in total. The zero-order chi connectivity index (χ0) is 14.0. The molecule has 2 heterocycles. The normalized spacial score (nSPS) is 23.5. The SMILES string of the molecule is CCc1nc(NN)c(C)c(N2CCC(C)C(C)C2)n1. The van der Waals surface area contributed by atoms with Gasteiger partial charge in [-0.25, -0.2) is 15.8 Å². The van der Waals surface area contributed by atoms with Crippen LogP contribution in [0.3, 0.4) is 0 Å². The third kappa shape index (κ3) is 2.81. The number of hydrazine groups is 1. The highest BCUT2D eigenvalue weighted by molar-refractivity contribution is 5.58. The summed E-state index contributed by atoms with van der Waals surface area (Å²) in [5.41, 5.74) is 3.73. The molecule has 5 nitrogen and oxygen atoms in total. The highest BCUT2D eigenvalue weighted by atomic mass is 15.3. The lowest BCUT2D eigenvalue weighted by molar-refractivity contribution is 0.322. The van der Waals surface area contributed by atoms with E-state index in [0.717, 1.165) is 48.5 Å². The highest BCUT2D eigenvalue weighted by Gasteiger charge is 2.25. The van der Waals surface area contributed by atoms with Gasteiger partial charge in [-0.05, 0) is 25.2 Å². The van der Waals surface area contributed by atoms with Gasteiger partial charge in [0, 0.05) is 25.1 Å². The molecule has 0 spiro atoms. The van der Waals surface area contributed by atoms with Crippen LogP contribution >= 0.6 is 0 Å². The van der Waals surface area contributed by atoms with Crippen LogP contribution in [0.1, 0.15) is 38.6 Å². The average Bonchev–Trinajstić information content (AvgIpc) is 2.42. The van der Waals surface area contributed by atoms with Gasteiger partial charge in [0.05, 0.1) is 0 Å². The number of piperidine rings is 1. The molecule has 1 aromatic rings. The van der Waals surface area contributed by atoms with E-state index in [4.69, 9.17) is 10.8 Å². The van der Waals surface area contributed by atoms with E-state index in [1.165, 1.54) is 6.42 Å². The monoisotopic (exact) mass is 263 g/mol. The average molecular weight is 263 g/mol. The standard InChI is InChI=1S/C14H25N5/c1-5-12-16-13(18-15)11(4)14(17-12)19-7-6-9(2)10(3)8-19/h9-10H,5-8,15H2,1-4H3,(H,16,17,18). The fourth-order valence-electron chi connectivity index (χ4n) is 2.61. The van der Waals surface area contributed by atoms with Gasteiger partial charge in [-0.2, -0.15) is 0 Å². The third-order valence-corrected chi connectivity index (χ3v) is 4.25. The Morgan fingerprint density at radius 1 is 1.32 bits per heavy atom. The molecule has 19 heavy (non-hydrogen) atoms. The number of rotatable bonds is 3. The maximum absolute atomic E-state index is 5.56. The molecule has 0 saturated carbocycles. The van der Waals surface area contributed by atoms with Crippen molar-refractivity contribution in [1.82, 2.24) is 9.97 Å². The van der Waals surface area contributed by atoms with Crippen molar-refractivity contribution in [3.05, 3.63) is 11.4 Å². The number of nitrogen functional groups attached to an aromatic ring is 1. The molecular formula is C14H25N5. The van der Waals surface area contributed by atoms with Crippen LogP contribution in [0.15, 0.2) is 0 Å². The van der Waals surface area contributed by atoms with Gasteiger partial charge in [0.2, 0.25) is 0 Å². The Morgan fingerprint density at radius 3 is 2.63 bits per heavy atom. The number of aromatic nitrogens is 2. The molecule has 2 atom stereocenters. The van der Waals surface area contributed by atoms with Gasteiger partial charge in [-0.15, -0.1) is 0 Å². The first-order valence-electron chi connectivity index (χ1n) is 7.15. The van der Waals surface area contributed by atoms with Crippen LogP contribution in [0.25, 0.3) is 0 Å². The van der Waals surface area contributed by atoms with Crippen molar-refractivity contribution < 1.29 is 0 Å². The Bertz CT molecular complexity index is 446. The Kier molecular flexibility index (Phi) is 4.24. The molecule has 1 saturated heterocycles. The van der Waals surface area contributed by atoms with E-state index in [9.17, 15) is 0 Å². The van der Waals surface area contributed by atoms with E-state index < -0.39 is 0 Å². The molecule has 106 valence electrons. The van der Waals surface area contributed by atoms with Crippen molar-refractivity contribution in [3.63, 3.8) is 0 Å². The van der Waals surface area contributed by atoms with Crippen LogP contribution in [-0.4, -0.2) is 23.1 Å². The number of hydrogen-bond donors (Lipinski definition) is 2. The van der Waals surface area contributed by atoms with Gasteiger partial charge < -0.3 is 10.3 Å². The molecule has 1 aliphatic heterocycles. The molecule has 2 rings (SSSR count). The van der Waals surface area contributed by atoms with E-state index in [-0.39, 0.29) is 0 Å². The van der Waals surface area contributed by atoms with Crippen LogP contribution in [0.2, 0.25) is 0 Å². The first-order valence-corrected chi connectivity index (χ1v) is 7.15. The molecule has 1 aromatic heterocycles. The second kappa shape index (κ2) is 5.74. The molecule has 5 heteroatoms. The summed E-state index contributed by atoms with van der Waals surface area (Å²) in [5.74, 6) is 9.68. The molecule has 1 aliphatic rings. The summed E-state index contributed by atoms with van der Waals surface area (Å²) in [6.45, 7) is 10.9. The Balaban J connectivity index is 2.33. The summed E-state index contributed by atoms with van der Waals surface area (Å²) >= 11 is 0. The summed E-state index contributed by atoms with van der Waals surface area (Å²) in [6.07, 6.45) is 2.04. The Labute approximate surface area is 115 Å². The van der Waals surface area contributed by atoms with E-state index >= 15 is 0 Å². The number of aryl methyl sites for hydroxylation is 1. The van der Waals surface area contributed by atoms with E-state index in [1.54, 1.807) is 0 Å². The summed E-state index contributed by atoms with van der Waals surface area (Å²) in [4.78, 5) is 11.5. The fourth-order valence-corrected chi connectivity index (χ4v) is 2.61. The van der Waals surface area contributed by atoms with Gasteiger partial charge in [0.1, 0.15) is 17.5 Å². The smallest absolute Gasteiger partial charge is 0.148 e. The zero-order valence-corrected chi connectivity index (χ0v) is 12.4. The second-order valence-electron chi connectivity index (χ2n) is 5.62. The zero-order valence-electron chi connectivity index (χ0n) is 12.4. The first-order chi connectivity index (χ1) is 9.06. The summed E-state index contributed by atoms with van der Waals surface area (Å²) in [5, 5.41) is 0. The van der Waals surface area contributed by atoms with E-state index in [0.29, 0.717) is 5.92 Å². The number of anilines is 2. The van der Waals surface area contributed by atoms with Crippen LogP contribution in [-0.2, 0) is 6.42 Å². The van der Waals surface area contributed by atoms with E-state index in [2.05, 4.69) is 36.1 Å². The van der Waals surface area contributed by atoms with Gasteiger partial charge in [-0.3, -0.25) is 0 Å². The summed E-state index contributed by atoms with van der Waals surface area (Å²) in [6, 6.07) is 0. The first kappa shape index (κ1) is 14.1. The van der Waals surface area contributed by atoms with Gasteiger partial charge in [0.25, 0.3) is 0 Å². The molecule has 2 unspecified atom stereocenters. The topological polar surface area (TPSA) is 67.1 Å². The van der Waals surface area contributed by atoms with Crippen LogP contribution in [0.4, 0.5) is 11.6 Å². The van der Waals surface area contributed by atoms with Crippen molar-refractivity contribution in [2.24, 2.45) is 17.7 Å². The molecule has 0 amide bonds. The third-order valence-electron chi connectivity index (χ3n) is 4.25. The van der Waals surface area contributed by atoms with Crippen molar-refractivity contribution >= 4 is 11.6 Å². The summed E-state index contributed by atoms with van der Waals surface area (Å²) in [7, 11) is 0. The molecule has 1 fully saturated rings. The van der Waals surface area contributed by atoms with Crippen LogP contribution in [0, 0.1) is 18.8 Å².